The number of halogens is 2. The summed E-state index contributed by atoms with van der Waals surface area (Å²) in [6, 6.07) is 15.4. The molecule has 0 saturated heterocycles. The van der Waals surface area contributed by atoms with Crippen LogP contribution in [0.1, 0.15) is 11.1 Å². The minimum Gasteiger partial charge on any atom is -0.508 e. The van der Waals surface area contributed by atoms with Crippen molar-refractivity contribution in [2.45, 2.75) is 6.42 Å². The Morgan fingerprint density at radius 2 is 1.90 bits per heavy atom. The summed E-state index contributed by atoms with van der Waals surface area (Å²) in [5.41, 5.74) is 4.20. The first-order valence-corrected chi connectivity index (χ1v) is 9.76. The third-order valence-electron chi connectivity index (χ3n) is 5.41. The van der Waals surface area contributed by atoms with Gasteiger partial charge in [0.05, 0.1) is 10.7 Å². The van der Waals surface area contributed by atoms with E-state index in [1.54, 1.807) is 12.1 Å². The molecule has 0 bridgehead atoms. The maximum atomic E-state index is 13.8. The van der Waals surface area contributed by atoms with Gasteiger partial charge in [0.2, 0.25) is 0 Å². The summed E-state index contributed by atoms with van der Waals surface area (Å²) < 4.78 is 21.7. The number of phenolic OH excluding ortho intramolecular Hbond substituents is 2. The van der Waals surface area contributed by atoms with Gasteiger partial charge in [-0.2, -0.15) is 0 Å². The Hall–Kier alpha value is -3.44. The van der Waals surface area contributed by atoms with E-state index in [0.717, 1.165) is 27.7 Å². The molecule has 4 aromatic rings. The van der Waals surface area contributed by atoms with E-state index >= 15 is 0 Å². The van der Waals surface area contributed by atoms with Crippen LogP contribution >= 0.6 is 11.6 Å². The normalized spacial score (nSPS) is 14.3. The van der Waals surface area contributed by atoms with Gasteiger partial charge in [-0.3, -0.25) is 0 Å². The van der Waals surface area contributed by atoms with Crippen LogP contribution in [0, 0.1) is 5.82 Å². The standard InChI is InChI=1S/C24H17ClFNO3/c1-27-21-5-3-2-4-16(21)17(24(27)13-6-7-20(26)19(25)8-13)11-15-12-18-22(29)9-14(28)10-23(18)30-15/h2-11,28-29H,12H2,1H3. The number of fused-ring (bicyclic) bond motifs is 2. The van der Waals surface area contributed by atoms with E-state index in [-0.39, 0.29) is 16.5 Å². The molecule has 0 spiro atoms. The molecule has 0 fully saturated rings. The number of aromatic hydroxyl groups is 2. The van der Waals surface area contributed by atoms with Gasteiger partial charge in [0.1, 0.15) is 28.8 Å². The largest absolute Gasteiger partial charge is 0.508 e. The average molecular weight is 422 g/mol. The molecule has 5 rings (SSSR count). The Balaban J connectivity index is 1.70. The zero-order chi connectivity index (χ0) is 21.0. The summed E-state index contributed by atoms with van der Waals surface area (Å²) in [7, 11) is 1.95. The topological polar surface area (TPSA) is 54.6 Å². The van der Waals surface area contributed by atoms with Crippen LogP contribution in [-0.2, 0) is 13.5 Å². The van der Waals surface area contributed by atoms with Crippen molar-refractivity contribution in [2.24, 2.45) is 7.05 Å². The van der Waals surface area contributed by atoms with Crippen LogP contribution in [0.25, 0.3) is 28.2 Å². The first kappa shape index (κ1) is 18.6. The van der Waals surface area contributed by atoms with E-state index < -0.39 is 5.82 Å². The highest BCUT2D eigenvalue weighted by Crippen LogP contribution is 2.42. The van der Waals surface area contributed by atoms with E-state index in [1.165, 1.54) is 18.2 Å². The lowest BCUT2D eigenvalue weighted by Crippen LogP contribution is -1.94. The van der Waals surface area contributed by atoms with Crippen molar-refractivity contribution < 1.29 is 19.3 Å². The highest BCUT2D eigenvalue weighted by Gasteiger charge is 2.24. The fraction of sp³-hybridized carbons (Fsp3) is 0.0833. The molecule has 3 aromatic carbocycles. The molecule has 1 aliphatic heterocycles. The van der Waals surface area contributed by atoms with Crippen molar-refractivity contribution in [3.05, 3.63) is 82.3 Å². The third-order valence-corrected chi connectivity index (χ3v) is 5.70. The number of aryl methyl sites for hydroxylation is 1. The number of nitrogens with zero attached hydrogens (tertiary/aromatic N) is 1. The molecule has 0 atom stereocenters. The number of ether oxygens (including phenoxy) is 1. The lowest BCUT2D eigenvalue weighted by molar-refractivity contribution is 0.430. The molecule has 1 aliphatic rings. The van der Waals surface area contributed by atoms with Crippen molar-refractivity contribution in [1.29, 1.82) is 0 Å². The molecular weight excluding hydrogens is 405 g/mol. The molecule has 2 N–H and O–H groups in total. The quantitative estimate of drug-likeness (QED) is 0.416. The number of benzene rings is 3. The van der Waals surface area contributed by atoms with Gasteiger partial charge in [-0.05, 0) is 30.3 Å². The number of hydrogen-bond acceptors (Lipinski definition) is 3. The van der Waals surface area contributed by atoms with Crippen LogP contribution in [0.15, 0.2) is 60.4 Å². The van der Waals surface area contributed by atoms with Gasteiger partial charge in [-0.15, -0.1) is 0 Å². The number of hydrogen-bond donors (Lipinski definition) is 2. The predicted octanol–water partition coefficient (Wildman–Crippen LogP) is 6.03. The number of para-hydroxylation sites is 1. The molecule has 6 heteroatoms. The highest BCUT2D eigenvalue weighted by atomic mass is 35.5. The summed E-state index contributed by atoms with van der Waals surface area (Å²) in [5, 5.41) is 20.9. The SMILES string of the molecule is Cn1c(-c2ccc(F)c(Cl)c2)c(C=C2Cc3c(O)cc(O)cc3O2)c2ccccc21. The first-order chi connectivity index (χ1) is 14.4. The summed E-state index contributed by atoms with van der Waals surface area (Å²) in [6.45, 7) is 0. The van der Waals surface area contributed by atoms with Gasteiger partial charge in [-0.25, -0.2) is 4.39 Å². The van der Waals surface area contributed by atoms with Crippen molar-refractivity contribution >= 4 is 28.6 Å². The lowest BCUT2D eigenvalue weighted by Gasteiger charge is -2.08. The fourth-order valence-corrected chi connectivity index (χ4v) is 4.22. The van der Waals surface area contributed by atoms with Crippen LogP contribution in [0.2, 0.25) is 5.02 Å². The summed E-state index contributed by atoms with van der Waals surface area (Å²) in [5.74, 6) is 0.544. The Bertz CT molecular complexity index is 1360. The van der Waals surface area contributed by atoms with Crippen molar-refractivity contribution in [2.75, 3.05) is 0 Å². The van der Waals surface area contributed by atoms with E-state index in [9.17, 15) is 14.6 Å². The third kappa shape index (κ3) is 2.90. The van der Waals surface area contributed by atoms with Crippen molar-refractivity contribution in [3.63, 3.8) is 0 Å². The molecule has 150 valence electrons. The number of allylic oxidation sites excluding steroid dienone is 1. The van der Waals surface area contributed by atoms with Gasteiger partial charge in [-0.1, -0.05) is 29.8 Å². The van der Waals surface area contributed by atoms with Crippen LogP contribution in [0.5, 0.6) is 17.2 Å². The second-order valence-corrected chi connectivity index (χ2v) is 7.71. The summed E-state index contributed by atoms with van der Waals surface area (Å²) in [4.78, 5) is 0. The maximum absolute atomic E-state index is 13.8. The van der Waals surface area contributed by atoms with Gasteiger partial charge < -0.3 is 19.5 Å². The zero-order valence-electron chi connectivity index (χ0n) is 16.0. The van der Waals surface area contributed by atoms with Crippen LogP contribution in [-0.4, -0.2) is 14.8 Å². The Morgan fingerprint density at radius 3 is 2.70 bits per heavy atom. The Labute approximate surface area is 177 Å². The molecule has 0 aliphatic carbocycles. The number of rotatable bonds is 2. The second kappa shape index (κ2) is 6.82. The van der Waals surface area contributed by atoms with Crippen LogP contribution in [0.4, 0.5) is 4.39 Å². The average Bonchev–Trinajstić information content (AvgIpc) is 3.24. The molecular formula is C24H17ClFNO3. The smallest absolute Gasteiger partial charge is 0.141 e. The zero-order valence-corrected chi connectivity index (χ0v) is 16.7. The fourth-order valence-electron chi connectivity index (χ4n) is 4.04. The minimum atomic E-state index is -0.469. The van der Waals surface area contributed by atoms with Crippen LogP contribution < -0.4 is 4.74 Å². The Kier molecular flexibility index (Phi) is 4.22. The molecule has 1 aromatic heterocycles. The number of aromatic nitrogens is 1. The predicted molar refractivity (Wildman–Crippen MR) is 115 cm³/mol. The second-order valence-electron chi connectivity index (χ2n) is 7.30. The van der Waals surface area contributed by atoms with Crippen molar-refractivity contribution in [1.82, 2.24) is 4.57 Å². The van der Waals surface area contributed by atoms with E-state index in [2.05, 4.69) is 0 Å². The molecule has 0 radical (unpaired) electrons. The van der Waals surface area contributed by atoms with Gasteiger partial charge in [0, 0.05) is 53.2 Å². The monoisotopic (exact) mass is 421 g/mol. The van der Waals surface area contributed by atoms with Gasteiger partial charge in [0.25, 0.3) is 0 Å². The number of phenols is 2. The first-order valence-electron chi connectivity index (χ1n) is 9.38. The summed E-state index contributed by atoms with van der Waals surface area (Å²) >= 11 is 6.05. The molecule has 2 heterocycles. The lowest BCUT2D eigenvalue weighted by atomic mass is 10.0. The highest BCUT2D eigenvalue weighted by molar-refractivity contribution is 6.31. The minimum absolute atomic E-state index is 0.00291. The van der Waals surface area contributed by atoms with E-state index in [0.29, 0.717) is 23.5 Å². The van der Waals surface area contributed by atoms with E-state index in [1.807, 2.05) is 42.0 Å². The molecule has 0 amide bonds. The Morgan fingerprint density at radius 1 is 1.10 bits per heavy atom. The molecule has 30 heavy (non-hydrogen) atoms. The molecule has 0 saturated carbocycles. The van der Waals surface area contributed by atoms with Gasteiger partial charge in [0.15, 0.2) is 0 Å². The van der Waals surface area contributed by atoms with Crippen molar-refractivity contribution in [3.8, 4) is 28.5 Å². The molecule has 0 unspecified atom stereocenters. The maximum Gasteiger partial charge on any atom is 0.141 e. The summed E-state index contributed by atoms with van der Waals surface area (Å²) in [6.07, 6.45) is 2.32. The van der Waals surface area contributed by atoms with Crippen LogP contribution in [0.3, 0.4) is 0 Å². The molecule has 4 nitrogen and oxygen atoms in total. The van der Waals surface area contributed by atoms with E-state index in [4.69, 9.17) is 16.3 Å². The van der Waals surface area contributed by atoms with Gasteiger partial charge >= 0.3 is 0 Å².